The molecule has 0 radical (unpaired) electrons. The van der Waals surface area contributed by atoms with E-state index in [1.165, 1.54) is 7.11 Å². The van der Waals surface area contributed by atoms with E-state index in [1.54, 1.807) is 6.33 Å². The number of ether oxygens (including phenoxy) is 1. The zero-order chi connectivity index (χ0) is 10.4. The van der Waals surface area contributed by atoms with E-state index in [9.17, 15) is 4.79 Å². The number of nitrogens with zero attached hydrogens (tertiary/aromatic N) is 2. The lowest BCUT2D eigenvalue weighted by atomic mass is 10.3. The Morgan fingerprint density at radius 2 is 2.50 bits per heavy atom. The summed E-state index contributed by atoms with van der Waals surface area (Å²) in [5.41, 5.74) is 0.977. The van der Waals surface area contributed by atoms with E-state index in [0.717, 1.165) is 12.1 Å². The second kappa shape index (κ2) is 5.39. The molecule has 0 aromatic carbocycles. The van der Waals surface area contributed by atoms with Crippen LogP contribution in [0.5, 0.6) is 0 Å². The third-order valence-corrected chi connectivity index (χ3v) is 1.74. The Morgan fingerprint density at radius 1 is 1.71 bits per heavy atom. The van der Waals surface area contributed by atoms with Crippen molar-refractivity contribution in [2.75, 3.05) is 20.3 Å². The number of hydrogen-bond donors (Lipinski definition) is 1. The molecule has 1 aromatic rings. The SMILES string of the molecule is COCC(=O)NCCc1cn(C)cn1. The number of hydrogen-bond acceptors (Lipinski definition) is 3. The van der Waals surface area contributed by atoms with Gasteiger partial charge in [0.25, 0.3) is 0 Å². The van der Waals surface area contributed by atoms with Crippen LogP contribution in [-0.2, 0) is 23.0 Å². The summed E-state index contributed by atoms with van der Waals surface area (Å²) in [6.07, 6.45) is 4.42. The minimum absolute atomic E-state index is 0.0940. The molecule has 1 heterocycles. The molecule has 0 saturated carbocycles. The molecule has 1 rings (SSSR count). The van der Waals surface area contributed by atoms with E-state index in [0.29, 0.717) is 6.54 Å². The van der Waals surface area contributed by atoms with Gasteiger partial charge in [-0.3, -0.25) is 4.79 Å². The van der Waals surface area contributed by atoms with Gasteiger partial charge in [-0.2, -0.15) is 0 Å². The first-order valence-electron chi connectivity index (χ1n) is 4.45. The van der Waals surface area contributed by atoms with E-state index < -0.39 is 0 Å². The minimum atomic E-state index is -0.0940. The van der Waals surface area contributed by atoms with Crippen LogP contribution in [0, 0.1) is 0 Å². The van der Waals surface area contributed by atoms with E-state index in [1.807, 2.05) is 17.8 Å². The van der Waals surface area contributed by atoms with Crippen LogP contribution in [-0.4, -0.2) is 35.7 Å². The quantitative estimate of drug-likeness (QED) is 0.706. The van der Waals surface area contributed by atoms with Gasteiger partial charge in [0, 0.05) is 33.3 Å². The van der Waals surface area contributed by atoms with Crippen molar-refractivity contribution < 1.29 is 9.53 Å². The smallest absolute Gasteiger partial charge is 0.245 e. The maximum Gasteiger partial charge on any atom is 0.245 e. The first-order valence-corrected chi connectivity index (χ1v) is 4.45. The highest BCUT2D eigenvalue weighted by molar-refractivity contribution is 5.77. The summed E-state index contributed by atoms with van der Waals surface area (Å²) in [7, 11) is 3.42. The number of methoxy groups -OCH3 is 1. The van der Waals surface area contributed by atoms with Crippen molar-refractivity contribution in [3.05, 3.63) is 18.2 Å². The zero-order valence-electron chi connectivity index (χ0n) is 8.49. The molecular formula is C9H15N3O2. The summed E-state index contributed by atoms with van der Waals surface area (Å²) in [6, 6.07) is 0. The molecule has 0 fully saturated rings. The number of aryl methyl sites for hydroxylation is 1. The third kappa shape index (κ3) is 3.57. The first-order chi connectivity index (χ1) is 6.72. The van der Waals surface area contributed by atoms with E-state index in [-0.39, 0.29) is 12.5 Å². The fourth-order valence-corrected chi connectivity index (χ4v) is 1.11. The minimum Gasteiger partial charge on any atom is -0.375 e. The maximum absolute atomic E-state index is 11.0. The molecule has 0 bridgehead atoms. The van der Waals surface area contributed by atoms with Crippen LogP contribution in [0.4, 0.5) is 0 Å². The van der Waals surface area contributed by atoms with Crippen LogP contribution in [0.25, 0.3) is 0 Å². The number of amides is 1. The predicted octanol–water partition coefficient (Wildman–Crippen LogP) is -0.275. The van der Waals surface area contributed by atoms with Crippen molar-refractivity contribution in [2.45, 2.75) is 6.42 Å². The third-order valence-electron chi connectivity index (χ3n) is 1.74. The summed E-state index contributed by atoms with van der Waals surface area (Å²) in [6.45, 7) is 0.710. The van der Waals surface area contributed by atoms with Crippen LogP contribution in [0.15, 0.2) is 12.5 Å². The highest BCUT2D eigenvalue weighted by atomic mass is 16.5. The standard InChI is InChI=1S/C9H15N3O2/c1-12-5-8(11-7-12)3-4-10-9(13)6-14-2/h5,7H,3-4,6H2,1-2H3,(H,10,13). The second-order valence-electron chi connectivity index (χ2n) is 3.06. The van der Waals surface area contributed by atoms with Crippen LogP contribution < -0.4 is 5.32 Å². The van der Waals surface area contributed by atoms with E-state index in [2.05, 4.69) is 15.0 Å². The van der Waals surface area contributed by atoms with Gasteiger partial charge >= 0.3 is 0 Å². The Kier molecular flexibility index (Phi) is 4.12. The average Bonchev–Trinajstić information content (AvgIpc) is 2.52. The zero-order valence-corrected chi connectivity index (χ0v) is 8.49. The molecule has 0 aliphatic heterocycles. The maximum atomic E-state index is 11.0. The Labute approximate surface area is 83.1 Å². The molecule has 0 atom stereocenters. The fourth-order valence-electron chi connectivity index (χ4n) is 1.11. The largest absolute Gasteiger partial charge is 0.375 e. The summed E-state index contributed by atoms with van der Waals surface area (Å²) < 4.78 is 6.56. The topological polar surface area (TPSA) is 56.1 Å². The van der Waals surface area contributed by atoms with Gasteiger partial charge < -0.3 is 14.6 Å². The molecule has 0 saturated heterocycles. The van der Waals surface area contributed by atoms with Crippen molar-refractivity contribution in [2.24, 2.45) is 7.05 Å². The van der Waals surface area contributed by atoms with Crippen LogP contribution in [0.1, 0.15) is 5.69 Å². The van der Waals surface area contributed by atoms with Crippen LogP contribution >= 0.6 is 0 Å². The molecule has 0 spiro atoms. The number of aromatic nitrogens is 2. The van der Waals surface area contributed by atoms with Crippen molar-refractivity contribution in [1.29, 1.82) is 0 Å². The lowest BCUT2D eigenvalue weighted by Gasteiger charge is -2.01. The molecule has 78 valence electrons. The lowest BCUT2D eigenvalue weighted by molar-refractivity contribution is -0.124. The second-order valence-corrected chi connectivity index (χ2v) is 3.06. The fraction of sp³-hybridized carbons (Fsp3) is 0.556. The van der Waals surface area contributed by atoms with Crippen molar-refractivity contribution in [1.82, 2.24) is 14.9 Å². The summed E-state index contributed by atoms with van der Waals surface area (Å²) in [4.78, 5) is 15.1. The van der Waals surface area contributed by atoms with Gasteiger partial charge in [-0.1, -0.05) is 0 Å². The highest BCUT2D eigenvalue weighted by Crippen LogP contribution is 1.93. The molecule has 0 aliphatic carbocycles. The molecule has 1 N–H and O–H groups in total. The number of carbonyl (C=O) groups is 1. The van der Waals surface area contributed by atoms with Crippen molar-refractivity contribution in [3.63, 3.8) is 0 Å². The molecule has 0 aliphatic rings. The molecule has 5 nitrogen and oxygen atoms in total. The number of imidazole rings is 1. The van der Waals surface area contributed by atoms with Crippen molar-refractivity contribution in [3.8, 4) is 0 Å². The Hall–Kier alpha value is -1.36. The van der Waals surface area contributed by atoms with Gasteiger partial charge in [0.05, 0.1) is 12.0 Å². The van der Waals surface area contributed by atoms with Crippen LogP contribution in [0.2, 0.25) is 0 Å². The normalized spacial score (nSPS) is 10.1. The number of rotatable bonds is 5. The molecule has 1 amide bonds. The van der Waals surface area contributed by atoms with Gasteiger partial charge in [0.15, 0.2) is 0 Å². The molecule has 14 heavy (non-hydrogen) atoms. The monoisotopic (exact) mass is 197 g/mol. The number of nitrogens with one attached hydrogen (secondary N) is 1. The molecule has 0 unspecified atom stereocenters. The van der Waals surface area contributed by atoms with Gasteiger partial charge in [-0.15, -0.1) is 0 Å². The first kappa shape index (κ1) is 10.7. The predicted molar refractivity (Wildman–Crippen MR) is 51.8 cm³/mol. The van der Waals surface area contributed by atoms with Gasteiger partial charge in [0.2, 0.25) is 5.91 Å². The Morgan fingerprint density at radius 3 is 3.07 bits per heavy atom. The summed E-state index contributed by atoms with van der Waals surface area (Å²) in [5.74, 6) is -0.0940. The van der Waals surface area contributed by atoms with Crippen molar-refractivity contribution >= 4 is 5.91 Å². The lowest BCUT2D eigenvalue weighted by Crippen LogP contribution is -2.29. The van der Waals surface area contributed by atoms with E-state index in [4.69, 9.17) is 0 Å². The summed E-state index contributed by atoms with van der Waals surface area (Å²) in [5, 5.41) is 2.73. The Bertz CT molecular complexity index is 296. The molecule has 1 aromatic heterocycles. The summed E-state index contributed by atoms with van der Waals surface area (Å²) >= 11 is 0. The van der Waals surface area contributed by atoms with Crippen LogP contribution in [0.3, 0.4) is 0 Å². The van der Waals surface area contributed by atoms with Gasteiger partial charge in [-0.25, -0.2) is 4.98 Å². The average molecular weight is 197 g/mol. The number of carbonyl (C=O) groups excluding carboxylic acids is 1. The van der Waals surface area contributed by atoms with Gasteiger partial charge in [-0.05, 0) is 0 Å². The molecular weight excluding hydrogens is 182 g/mol. The van der Waals surface area contributed by atoms with Gasteiger partial charge in [0.1, 0.15) is 6.61 Å². The highest BCUT2D eigenvalue weighted by Gasteiger charge is 2.00. The van der Waals surface area contributed by atoms with E-state index >= 15 is 0 Å². The molecule has 5 heteroatoms. The Balaban J connectivity index is 2.18.